The summed E-state index contributed by atoms with van der Waals surface area (Å²) < 4.78 is 0. The number of rotatable bonds is 4. The van der Waals surface area contributed by atoms with Crippen molar-refractivity contribution >= 4 is 5.97 Å². The lowest BCUT2D eigenvalue weighted by Crippen LogP contribution is -2.28. The van der Waals surface area contributed by atoms with Crippen LogP contribution in [-0.4, -0.2) is 21.8 Å². The molecular weight excluding hydrogens is 252 g/mol. The van der Waals surface area contributed by atoms with Crippen LogP contribution in [0, 0.1) is 0 Å². The average molecular weight is 282 g/mol. The summed E-state index contributed by atoms with van der Waals surface area (Å²) >= 11 is 0. The van der Waals surface area contributed by atoms with Crippen molar-refractivity contribution in [2.24, 2.45) is 0 Å². The van der Waals surface area contributed by atoms with Gasteiger partial charge in [-0.1, -0.05) is 69.9 Å². The van der Waals surface area contributed by atoms with Crippen molar-refractivity contribution < 1.29 is 15.0 Å². The minimum atomic E-state index is -0.813. The standard InChI is InChI=1S/C17H30O3/c18-16(19)12-8-11-15-17(20)13-9-6-4-2-1-3-5-7-10-14-17/h8,11,20H,1-7,9-10,12-15H2,(H,18,19)/b11-8-. The zero-order chi connectivity index (χ0) is 14.7. The Morgan fingerprint density at radius 2 is 1.30 bits per heavy atom. The normalized spacial score (nSPS) is 22.1. The van der Waals surface area contributed by atoms with Crippen molar-refractivity contribution in [1.29, 1.82) is 0 Å². The molecule has 3 nitrogen and oxygen atoms in total. The number of carbonyl (C=O) groups is 1. The topological polar surface area (TPSA) is 57.5 Å². The first-order chi connectivity index (χ1) is 9.62. The molecule has 0 radical (unpaired) electrons. The van der Waals surface area contributed by atoms with E-state index in [1.807, 2.05) is 6.08 Å². The first-order valence-electron chi connectivity index (χ1n) is 8.22. The summed E-state index contributed by atoms with van der Waals surface area (Å²) in [5.41, 5.74) is -0.617. The van der Waals surface area contributed by atoms with Crippen molar-refractivity contribution in [1.82, 2.24) is 0 Å². The van der Waals surface area contributed by atoms with Gasteiger partial charge in [-0.05, 0) is 19.3 Å². The van der Waals surface area contributed by atoms with Crippen LogP contribution in [0.25, 0.3) is 0 Å². The van der Waals surface area contributed by atoms with Gasteiger partial charge in [0.25, 0.3) is 0 Å². The second kappa shape index (κ2) is 9.98. The Bertz CT molecular complexity index is 285. The van der Waals surface area contributed by atoms with Crippen LogP contribution in [-0.2, 0) is 4.79 Å². The number of carboxylic acid groups (broad SMARTS) is 1. The number of hydrogen-bond acceptors (Lipinski definition) is 2. The van der Waals surface area contributed by atoms with Crippen molar-refractivity contribution in [3.8, 4) is 0 Å². The summed E-state index contributed by atoms with van der Waals surface area (Å²) in [7, 11) is 0. The Labute approximate surface area is 123 Å². The molecule has 2 N–H and O–H groups in total. The monoisotopic (exact) mass is 282 g/mol. The molecule has 1 fully saturated rings. The minimum Gasteiger partial charge on any atom is -0.481 e. The molecule has 3 heteroatoms. The molecular formula is C17H30O3. The summed E-state index contributed by atoms with van der Waals surface area (Å²) in [4.78, 5) is 10.5. The predicted octanol–water partition coefficient (Wildman–Crippen LogP) is 4.44. The molecule has 0 unspecified atom stereocenters. The van der Waals surface area contributed by atoms with Crippen LogP contribution in [0.1, 0.15) is 83.5 Å². The second-order valence-corrected chi connectivity index (χ2v) is 6.18. The zero-order valence-electron chi connectivity index (χ0n) is 12.6. The van der Waals surface area contributed by atoms with Crippen LogP contribution in [0.15, 0.2) is 12.2 Å². The quantitative estimate of drug-likeness (QED) is 0.749. The van der Waals surface area contributed by atoms with E-state index in [1.165, 1.54) is 44.9 Å². The van der Waals surface area contributed by atoms with Crippen molar-refractivity contribution in [2.45, 2.75) is 89.1 Å². The molecule has 0 amide bonds. The molecule has 1 saturated carbocycles. The highest BCUT2D eigenvalue weighted by Gasteiger charge is 2.24. The van der Waals surface area contributed by atoms with Gasteiger partial charge >= 0.3 is 5.97 Å². The van der Waals surface area contributed by atoms with Crippen LogP contribution in [0.4, 0.5) is 0 Å². The molecule has 0 bridgehead atoms. The van der Waals surface area contributed by atoms with E-state index in [1.54, 1.807) is 6.08 Å². The molecule has 20 heavy (non-hydrogen) atoms. The Balaban J connectivity index is 2.42. The molecule has 0 heterocycles. The number of carboxylic acids is 1. The van der Waals surface area contributed by atoms with Crippen LogP contribution in [0.2, 0.25) is 0 Å². The Hall–Kier alpha value is -0.830. The molecule has 0 atom stereocenters. The largest absolute Gasteiger partial charge is 0.481 e. The van der Waals surface area contributed by atoms with Crippen LogP contribution in [0.3, 0.4) is 0 Å². The van der Waals surface area contributed by atoms with Crippen LogP contribution < -0.4 is 0 Å². The molecule has 0 aromatic heterocycles. The fraction of sp³-hybridized carbons (Fsp3) is 0.824. The van der Waals surface area contributed by atoms with Crippen molar-refractivity contribution in [2.75, 3.05) is 0 Å². The highest BCUT2D eigenvalue weighted by Crippen LogP contribution is 2.28. The first kappa shape index (κ1) is 17.2. The molecule has 1 aliphatic carbocycles. The van der Waals surface area contributed by atoms with E-state index in [9.17, 15) is 9.90 Å². The van der Waals surface area contributed by atoms with Gasteiger partial charge in [-0.2, -0.15) is 0 Å². The number of aliphatic hydroxyl groups is 1. The predicted molar refractivity (Wildman–Crippen MR) is 81.7 cm³/mol. The second-order valence-electron chi connectivity index (χ2n) is 6.18. The molecule has 116 valence electrons. The number of hydrogen-bond donors (Lipinski definition) is 2. The SMILES string of the molecule is O=C(O)C/C=C\CC1(O)CCCCCCCCCCC1. The summed E-state index contributed by atoms with van der Waals surface area (Å²) in [6.07, 6.45) is 17.0. The fourth-order valence-corrected chi connectivity index (χ4v) is 2.96. The highest BCUT2D eigenvalue weighted by molar-refractivity contribution is 5.68. The van der Waals surface area contributed by atoms with Crippen molar-refractivity contribution in [3.63, 3.8) is 0 Å². The smallest absolute Gasteiger partial charge is 0.307 e. The van der Waals surface area contributed by atoms with E-state index in [-0.39, 0.29) is 6.42 Å². The lowest BCUT2D eigenvalue weighted by molar-refractivity contribution is -0.136. The van der Waals surface area contributed by atoms with Gasteiger partial charge in [0.1, 0.15) is 0 Å². The molecule has 0 spiro atoms. The van der Waals surface area contributed by atoms with Gasteiger partial charge in [0, 0.05) is 0 Å². The van der Waals surface area contributed by atoms with Gasteiger partial charge in [0.05, 0.1) is 12.0 Å². The van der Waals surface area contributed by atoms with E-state index < -0.39 is 11.6 Å². The maximum absolute atomic E-state index is 10.7. The third-order valence-electron chi connectivity index (χ3n) is 4.24. The van der Waals surface area contributed by atoms with E-state index in [4.69, 9.17) is 5.11 Å². The Morgan fingerprint density at radius 1 is 0.850 bits per heavy atom. The first-order valence-corrected chi connectivity index (χ1v) is 8.22. The van der Waals surface area contributed by atoms with Gasteiger partial charge in [-0.3, -0.25) is 4.79 Å². The molecule has 1 rings (SSSR count). The highest BCUT2D eigenvalue weighted by atomic mass is 16.4. The third-order valence-corrected chi connectivity index (χ3v) is 4.24. The molecule has 1 aliphatic rings. The van der Waals surface area contributed by atoms with Crippen LogP contribution in [0.5, 0.6) is 0 Å². The van der Waals surface area contributed by atoms with E-state index in [0.717, 1.165) is 25.7 Å². The number of aliphatic carboxylic acids is 1. The molecule has 0 aromatic rings. The maximum atomic E-state index is 10.7. The maximum Gasteiger partial charge on any atom is 0.307 e. The third kappa shape index (κ3) is 8.36. The van der Waals surface area contributed by atoms with Gasteiger partial charge < -0.3 is 10.2 Å². The van der Waals surface area contributed by atoms with Gasteiger partial charge in [0.2, 0.25) is 0 Å². The average Bonchev–Trinajstić information content (AvgIpc) is 2.39. The van der Waals surface area contributed by atoms with Gasteiger partial charge in [-0.15, -0.1) is 0 Å². The summed E-state index contributed by atoms with van der Waals surface area (Å²) in [5.74, 6) is -0.813. The molecule has 0 aliphatic heterocycles. The van der Waals surface area contributed by atoms with Gasteiger partial charge in [-0.25, -0.2) is 0 Å². The fourth-order valence-electron chi connectivity index (χ4n) is 2.96. The Morgan fingerprint density at radius 3 is 1.75 bits per heavy atom. The van der Waals surface area contributed by atoms with Gasteiger partial charge in [0.15, 0.2) is 0 Å². The zero-order valence-corrected chi connectivity index (χ0v) is 12.6. The summed E-state index contributed by atoms with van der Waals surface area (Å²) in [5, 5.41) is 19.3. The Kier molecular flexibility index (Phi) is 8.59. The van der Waals surface area contributed by atoms with Crippen LogP contribution >= 0.6 is 0 Å². The summed E-state index contributed by atoms with van der Waals surface area (Å²) in [6, 6.07) is 0. The van der Waals surface area contributed by atoms with Crippen molar-refractivity contribution in [3.05, 3.63) is 12.2 Å². The lowest BCUT2D eigenvalue weighted by atomic mass is 9.86. The lowest BCUT2D eigenvalue weighted by Gasteiger charge is -2.27. The minimum absolute atomic E-state index is 0.0517. The van der Waals surface area contributed by atoms with E-state index in [2.05, 4.69) is 0 Å². The van der Waals surface area contributed by atoms with E-state index in [0.29, 0.717) is 6.42 Å². The molecule has 0 saturated heterocycles. The molecule has 0 aromatic carbocycles. The summed E-state index contributed by atoms with van der Waals surface area (Å²) in [6.45, 7) is 0. The van der Waals surface area contributed by atoms with E-state index >= 15 is 0 Å².